The van der Waals surface area contributed by atoms with E-state index in [-0.39, 0.29) is 5.91 Å². The highest BCUT2D eigenvalue weighted by Crippen LogP contribution is 2.27. The first-order valence-electron chi connectivity index (χ1n) is 5.50. The summed E-state index contributed by atoms with van der Waals surface area (Å²) in [5, 5.41) is 3.78. The summed E-state index contributed by atoms with van der Waals surface area (Å²) < 4.78 is 5.04. The Morgan fingerprint density at radius 2 is 1.79 bits per heavy atom. The van der Waals surface area contributed by atoms with Crippen molar-refractivity contribution < 1.29 is 9.53 Å². The zero-order valence-corrected chi connectivity index (χ0v) is 11.6. The Labute approximate surface area is 121 Å². The summed E-state index contributed by atoms with van der Waals surface area (Å²) in [6.07, 6.45) is 0. The standard InChI is InChI=1S/C14H11Cl2NO2/c1-19-13-7-6-11(8-12(13)16)17-14(18)9-2-4-10(15)5-3-9/h2-8H,1H3,(H,17,18). The number of carbonyl (C=O) groups is 1. The third-order valence-corrected chi connectivity index (χ3v) is 3.06. The second kappa shape index (κ2) is 5.95. The maximum atomic E-state index is 12.0. The van der Waals surface area contributed by atoms with Crippen LogP contribution in [0.25, 0.3) is 0 Å². The molecule has 0 fully saturated rings. The van der Waals surface area contributed by atoms with Gasteiger partial charge in [-0.1, -0.05) is 23.2 Å². The second-order valence-electron chi connectivity index (χ2n) is 3.81. The molecule has 19 heavy (non-hydrogen) atoms. The molecule has 1 N–H and O–H groups in total. The number of nitrogens with one attached hydrogen (secondary N) is 1. The van der Waals surface area contributed by atoms with E-state index >= 15 is 0 Å². The predicted molar refractivity (Wildman–Crippen MR) is 77.4 cm³/mol. The molecule has 2 aromatic carbocycles. The fourth-order valence-corrected chi connectivity index (χ4v) is 1.93. The number of benzene rings is 2. The van der Waals surface area contributed by atoms with Crippen molar-refractivity contribution in [3.05, 3.63) is 58.1 Å². The number of rotatable bonds is 3. The van der Waals surface area contributed by atoms with Crippen LogP contribution in [0.1, 0.15) is 10.4 Å². The lowest BCUT2D eigenvalue weighted by atomic mass is 10.2. The molecule has 0 bridgehead atoms. The minimum absolute atomic E-state index is 0.224. The topological polar surface area (TPSA) is 38.3 Å². The first-order chi connectivity index (χ1) is 9.10. The lowest BCUT2D eigenvalue weighted by molar-refractivity contribution is 0.102. The summed E-state index contributed by atoms with van der Waals surface area (Å²) in [4.78, 5) is 12.0. The van der Waals surface area contributed by atoms with Crippen LogP contribution in [-0.2, 0) is 0 Å². The number of ether oxygens (including phenoxy) is 1. The number of halogens is 2. The van der Waals surface area contributed by atoms with Gasteiger partial charge in [0.25, 0.3) is 5.91 Å². The quantitative estimate of drug-likeness (QED) is 0.919. The Bertz CT molecular complexity index is 597. The molecular weight excluding hydrogens is 285 g/mol. The van der Waals surface area contributed by atoms with Gasteiger partial charge in [-0.3, -0.25) is 4.79 Å². The zero-order chi connectivity index (χ0) is 13.8. The van der Waals surface area contributed by atoms with Crippen molar-refractivity contribution in [1.29, 1.82) is 0 Å². The molecule has 2 aromatic rings. The molecule has 0 saturated carbocycles. The molecule has 2 rings (SSSR count). The van der Waals surface area contributed by atoms with Crippen molar-refractivity contribution in [1.82, 2.24) is 0 Å². The molecule has 3 nitrogen and oxygen atoms in total. The highest BCUT2D eigenvalue weighted by molar-refractivity contribution is 6.32. The monoisotopic (exact) mass is 295 g/mol. The summed E-state index contributed by atoms with van der Waals surface area (Å²) in [5.74, 6) is 0.337. The van der Waals surface area contributed by atoms with Crippen molar-refractivity contribution in [2.75, 3.05) is 12.4 Å². The Morgan fingerprint density at radius 3 is 2.37 bits per heavy atom. The Hall–Kier alpha value is -1.71. The van der Waals surface area contributed by atoms with Crippen LogP contribution in [0.5, 0.6) is 5.75 Å². The second-order valence-corrected chi connectivity index (χ2v) is 4.65. The van der Waals surface area contributed by atoms with Crippen LogP contribution in [0.4, 0.5) is 5.69 Å². The van der Waals surface area contributed by atoms with E-state index in [0.29, 0.717) is 27.0 Å². The largest absolute Gasteiger partial charge is 0.495 e. The summed E-state index contributed by atoms with van der Waals surface area (Å²) in [6, 6.07) is 11.7. The van der Waals surface area contributed by atoms with Gasteiger partial charge in [0, 0.05) is 16.3 Å². The normalized spacial score (nSPS) is 10.1. The highest BCUT2D eigenvalue weighted by Gasteiger charge is 2.07. The number of hydrogen-bond acceptors (Lipinski definition) is 2. The molecule has 1 amide bonds. The van der Waals surface area contributed by atoms with Gasteiger partial charge in [0.2, 0.25) is 0 Å². The molecule has 0 saturated heterocycles. The Kier molecular flexibility index (Phi) is 4.30. The van der Waals surface area contributed by atoms with E-state index in [1.165, 1.54) is 7.11 Å². The molecule has 0 aromatic heterocycles. The third kappa shape index (κ3) is 3.40. The highest BCUT2D eigenvalue weighted by atomic mass is 35.5. The molecule has 5 heteroatoms. The van der Waals surface area contributed by atoms with Gasteiger partial charge < -0.3 is 10.1 Å². The van der Waals surface area contributed by atoms with Gasteiger partial charge in [-0.15, -0.1) is 0 Å². The van der Waals surface area contributed by atoms with Crippen LogP contribution >= 0.6 is 23.2 Å². The first kappa shape index (κ1) is 13.7. The summed E-state index contributed by atoms with van der Waals surface area (Å²) in [6.45, 7) is 0. The maximum Gasteiger partial charge on any atom is 0.255 e. The maximum absolute atomic E-state index is 12.0. The van der Waals surface area contributed by atoms with Crippen molar-refractivity contribution in [2.24, 2.45) is 0 Å². The van der Waals surface area contributed by atoms with E-state index in [4.69, 9.17) is 27.9 Å². The lowest BCUT2D eigenvalue weighted by Crippen LogP contribution is -2.11. The van der Waals surface area contributed by atoms with Gasteiger partial charge in [-0.05, 0) is 42.5 Å². The molecule has 0 atom stereocenters. The number of methoxy groups -OCH3 is 1. The van der Waals surface area contributed by atoms with Crippen LogP contribution in [0.2, 0.25) is 10.0 Å². The lowest BCUT2D eigenvalue weighted by Gasteiger charge is -2.08. The number of amides is 1. The average Bonchev–Trinajstić information content (AvgIpc) is 2.39. The van der Waals surface area contributed by atoms with Crippen molar-refractivity contribution in [2.45, 2.75) is 0 Å². The first-order valence-corrected chi connectivity index (χ1v) is 6.26. The van der Waals surface area contributed by atoms with Gasteiger partial charge in [0.1, 0.15) is 5.75 Å². The van der Waals surface area contributed by atoms with E-state index in [1.807, 2.05) is 0 Å². The molecule has 0 heterocycles. The number of hydrogen-bond donors (Lipinski definition) is 1. The predicted octanol–water partition coefficient (Wildman–Crippen LogP) is 4.25. The summed E-state index contributed by atoms with van der Waals surface area (Å²) in [5.41, 5.74) is 1.13. The fourth-order valence-electron chi connectivity index (χ4n) is 1.55. The van der Waals surface area contributed by atoms with Crippen LogP contribution in [0, 0.1) is 0 Å². The third-order valence-electron chi connectivity index (χ3n) is 2.52. The van der Waals surface area contributed by atoms with Gasteiger partial charge in [-0.25, -0.2) is 0 Å². The van der Waals surface area contributed by atoms with E-state index in [1.54, 1.807) is 42.5 Å². The number of carbonyl (C=O) groups excluding carboxylic acids is 1. The van der Waals surface area contributed by atoms with Gasteiger partial charge >= 0.3 is 0 Å². The van der Waals surface area contributed by atoms with Crippen LogP contribution < -0.4 is 10.1 Å². The number of anilines is 1. The molecular formula is C14H11Cl2NO2. The molecule has 98 valence electrons. The van der Waals surface area contributed by atoms with Crippen LogP contribution in [0.3, 0.4) is 0 Å². The average molecular weight is 296 g/mol. The molecule has 0 radical (unpaired) electrons. The van der Waals surface area contributed by atoms with Crippen LogP contribution in [0.15, 0.2) is 42.5 Å². The summed E-state index contributed by atoms with van der Waals surface area (Å²) >= 11 is 11.8. The molecule has 0 unspecified atom stereocenters. The molecule has 0 aliphatic carbocycles. The minimum Gasteiger partial charge on any atom is -0.495 e. The van der Waals surface area contributed by atoms with Crippen molar-refractivity contribution in [3.8, 4) is 5.75 Å². The van der Waals surface area contributed by atoms with Crippen LogP contribution in [-0.4, -0.2) is 13.0 Å². The van der Waals surface area contributed by atoms with Gasteiger partial charge in [0.15, 0.2) is 0 Å². The Morgan fingerprint density at radius 1 is 1.11 bits per heavy atom. The van der Waals surface area contributed by atoms with E-state index < -0.39 is 0 Å². The fraction of sp³-hybridized carbons (Fsp3) is 0.0714. The smallest absolute Gasteiger partial charge is 0.255 e. The summed E-state index contributed by atoms with van der Waals surface area (Å²) in [7, 11) is 1.53. The SMILES string of the molecule is COc1ccc(NC(=O)c2ccc(Cl)cc2)cc1Cl. The molecule has 0 aliphatic rings. The Balaban J connectivity index is 2.14. The van der Waals surface area contributed by atoms with E-state index in [0.717, 1.165) is 0 Å². The van der Waals surface area contributed by atoms with Crippen molar-refractivity contribution >= 4 is 34.8 Å². The van der Waals surface area contributed by atoms with E-state index in [9.17, 15) is 4.79 Å². The molecule has 0 aliphatic heterocycles. The van der Waals surface area contributed by atoms with Gasteiger partial charge in [-0.2, -0.15) is 0 Å². The minimum atomic E-state index is -0.224. The van der Waals surface area contributed by atoms with Gasteiger partial charge in [0.05, 0.1) is 12.1 Å². The molecule has 0 spiro atoms. The zero-order valence-electron chi connectivity index (χ0n) is 10.1. The van der Waals surface area contributed by atoms with E-state index in [2.05, 4.69) is 5.32 Å². The van der Waals surface area contributed by atoms with Crippen molar-refractivity contribution in [3.63, 3.8) is 0 Å².